The fraction of sp³-hybridized carbons (Fsp3) is 0.636. The average molecular weight is 245 g/mol. The molecule has 0 spiro atoms. The second-order valence-electron chi connectivity index (χ2n) is 3.68. The van der Waals surface area contributed by atoms with Crippen LogP contribution in [0.2, 0.25) is 0 Å². The van der Waals surface area contributed by atoms with Gasteiger partial charge in [0, 0.05) is 16.5 Å². The molecule has 0 aliphatic heterocycles. The smallest absolute Gasteiger partial charge is 0.0547 e. The number of hydrogen-bond donors (Lipinski definition) is 2. The topological polar surface area (TPSA) is 46.2 Å². The summed E-state index contributed by atoms with van der Waals surface area (Å²) in [5.74, 6) is 0. The van der Waals surface area contributed by atoms with Gasteiger partial charge in [0.15, 0.2) is 0 Å². The van der Waals surface area contributed by atoms with E-state index in [1.54, 1.807) is 23.1 Å². The highest BCUT2D eigenvalue weighted by Crippen LogP contribution is 2.36. The van der Waals surface area contributed by atoms with Gasteiger partial charge in [0.25, 0.3) is 0 Å². The van der Waals surface area contributed by atoms with Gasteiger partial charge in [0.05, 0.1) is 6.61 Å². The van der Waals surface area contributed by atoms with Crippen LogP contribution in [-0.4, -0.2) is 23.0 Å². The van der Waals surface area contributed by atoms with E-state index in [-0.39, 0.29) is 17.9 Å². The van der Waals surface area contributed by atoms with Crippen molar-refractivity contribution in [1.82, 2.24) is 0 Å². The zero-order chi connectivity index (χ0) is 11.3. The van der Waals surface area contributed by atoms with Crippen LogP contribution in [0.25, 0.3) is 0 Å². The number of rotatable bonds is 6. The third-order valence-corrected chi connectivity index (χ3v) is 4.60. The minimum atomic E-state index is 0.165. The van der Waals surface area contributed by atoms with Crippen LogP contribution in [0.3, 0.4) is 0 Å². The Morgan fingerprint density at radius 1 is 1.60 bits per heavy atom. The van der Waals surface area contributed by atoms with E-state index in [4.69, 9.17) is 10.8 Å². The minimum absolute atomic E-state index is 0.165. The molecular weight excluding hydrogens is 226 g/mol. The number of nitrogens with two attached hydrogens (primary N) is 1. The van der Waals surface area contributed by atoms with Gasteiger partial charge in [-0.15, -0.1) is 11.8 Å². The molecule has 0 amide bonds. The molecule has 2 nitrogen and oxygen atoms in total. The lowest BCUT2D eigenvalue weighted by Gasteiger charge is -2.24. The maximum absolute atomic E-state index is 9.08. The third kappa shape index (κ3) is 3.79. The summed E-state index contributed by atoms with van der Waals surface area (Å²) < 4.78 is 0. The first-order chi connectivity index (χ1) is 7.19. The molecule has 0 aliphatic rings. The first kappa shape index (κ1) is 13.0. The summed E-state index contributed by atoms with van der Waals surface area (Å²) in [6.07, 6.45) is 0.964. The van der Waals surface area contributed by atoms with Crippen molar-refractivity contribution in [1.29, 1.82) is 0 Å². The highest BCUT2D eigenvalue weighted by Gasteiger charge is 2.21. The van der Waals surface area contributed by atoms with Gasteiger partial charge in [-0.1, -0.05) is 13.8 Å². The van der Waals surface area contributed by atoms with Gasteiger partial charge >= 0.3 is 0 Å². The molecule has 1 rings (SSSR count). The summed E-state index contributed by atoms with van der Waals surface area (Å²) in [7, 11) is 0. The summed E-state index contributed by atoms with van der Waals surface area (Å²) in [6, 6.07) is 2.29. The van der Waals surface area contributed by atoms with Crippen LogP contribution in [0.4, 0.5) is 0 Å². The Labute approximate surface area is 99.9 Å². The Morgan fingerprint density at radius 3 is 2.80 bits per heavy atom. The number of hydrogen-bond acceptors (Lipinski definition) is 4. The Bertz CT molecular complexity index is 264. The molecule has 3 atom stereocenters. The van der Waals surface area contributed by atoms with Crippen LogP contribution in [0.5, 0.6) is 0 Å². The molecule has 1 aromatic heterocycles. The second kappa shape index (κ2) is 6.53. The Hall–Kier alpha value is -0.0300. The van der Waals surface area contributed by atoms with Crippen LogP contribution in [0.1, 0.15) is 31.1 Å². The maximum atomic E-state index is 9.08. The van der Waals surface area contributed by atoms with E-state index >= 15 is 0 Å². The second-order valence-corrected chi connectivity index (χ2v) is 6.04. The van der Waals surface area contributed by atoms with E-state index < -0.39 is 0 Å². The minimum Gasteiger partial charge on any atom is -0.395 e. The van der Waals surface area contributed by atoms with Gasteiger partial charge in [-0.05, 0) is 28.8 Å². The quantitative estimate of drug-likeness (QED) is 0.810. The Balaban J connectivity index is 2.70. The zero-order valence-corrected chi connectivity index (χ0v) is 10.9. The largest absolute Gasteiger partial charge is 0.395 e. The molecule has 0 radical (unpaired) electrons. The van der Waals surface area contributed by atoms with Gasteiger partial charge in [-0.25, -0.2) is 0 Å². The van der Waals surface area contributed by atoms with Crippen LogP contribution in [0.15, 0.2) is 16.8 Å². The van der Waals surface area contributed by atoms with Crippen molar-refractivity contribution in [2.75, 3.05) is 6.61 Å². The van der Waals surface area contributed by atoms with Crippen molar-refractivity contribution in [2.24, 2.45) is 5.73 Å². The van der Waals surface area contributed by atoms with Gasteiger partial charge < -0.3 is 10.8 Å². The van der Waals surface area contributed by atoms with E-state index in [2.05, 4.69) is 23.8 Å². The molecule has 0 fully saturated rings. The van der Waals surface area contributed by atoms with Crippen molar-refractivity contribution >= 4 is 23.1 Å². The average Bonchev–Trinajstić information content (AvgIpc) is 2.77. The third-order valence-electron chi connectivity index (χ3n) is 2.37. The van der Waals surface area contributed by atoms with Crippen molar-refractivity contribution in [2.45, 2.75) is 36.8 Å². The molecule has 0 bridgehead atoms. The number of aliphatic hydroxyl groups excluding tert-OH is 1. The fourth-order valence-electron chi connectivity index (χ4n) is 1.37. The highest BCUT2D eigenvalue weighted by atomic mass is 32.2. The van der Waals surface area contributed by atoms with Gasteiger partial charge in [0.1, 0.15) is 0 Å². The predicted molar refractivity (Wildman–Crippen MR) is 69.5 cm³/mol. The molecule has 3 unspecified atom stereocenters. The van der Waals surface area contributed by atoms with Gasteiger partial charge in [0.2, 0.25) is 0 Å². The zero-order valence-electron chi connectivity index (χ0n) is 9.22. The standard InChI is InChI=1S/C11H19NOS2/c1-3-10(12)11(15-8(2)6-13)9-4-5-14-7-9/h4-5,7-8,10-11,13H,3,6,12H2,1-2H3. The van der Waals surface area contributed by atoms with Crippen molar-refractivity contribution in [3.63, 3.8) is 0 Å². The molecule has 0 aromatic carbocycles. The highest BCUT2D eigenvalue weighted by molar-refractivity contribution is 8.00. The first-order valence-corrected chi connectivity index (χ1v) is 7.11. The fourth-order valence-corrected chi connectivity index (χ4v) is 3.44. The molecule has 0 saturated carbocycles. The molecule has 86 valence electrons. The maximum Gasteiger partial charge on any atom is 0.0547 e. The Kier molecular flexibility index (Phi) is 5.68. The molecule has 4 heteroatoms. The molecule has 0 aliphatic carbocycles. The van der Waals surface area contributed by atoms with E-state index in [1.807, 2.05) is 6.92 Å². The van der Waals surface area contributed by atoms with Crippen molar-refractivity contribution < 1.29 is 5.11 Å². The van der Waals surface area contributed by atoms with E-state index in [9.17, 15) is 0 Å². The lowest BCUT2D eigenvalue weighted by molar-refractivity contribution is 0.299. The SMILES string of the molecule is CCC(N)C(SC(C)CO)c1ccsc1. The molecule has 1 heterocycles. The normalized spacial score (nSPS) is 17.3. The summed E-state index contributed by atoms with van der Waals surface area (Å²) in [4.78, 5) is 0. The summed E-state index contributed by atoms with van der Waals surface area (Å²) in [5.41, 5.74) is 7.40. The van der Waals surface area contributed by atoms with E-state index in [0.29, 0.717) is 5.25 Å². The predicted octanol–water partition coefficient (Wildman–Crippen LogP) is 2.64. The van der Waals surface area contributed by atoms with Crippen molar-refractivity contribution in [3.8, 4) is 0 Å². The lowest BCUT2D eigenvalue weighted by Crippen LogP contribution is -2.27. The lowest BCUT2D eigenvalue weighted by atomic mass is 10.1. The molecule has 0 saturated heterocycles. The molecular formula is C11H19NOS2. The Morgan fingerprint density at radius 2 is 2.33 bits per heavy atom. The first-order valence-electron chi connectivity index (χ1n) is 5.23. The monoisotopic (exact) mass is 245 g/mol. The van der Waals surface area contributed by atoms with Crippen LogP contribution in [-0.2, 0) is 0 Å². The van der Waals surface area contributed by atoms with Crippen LogP contribution in [0, 0.1) is 0 Å². The number of thioether (sulfide) groups is 1. The van der Waals surface area contributed by atoms with Crippen molar-refractivity contribution in [3.05, 3.63) is 22.4 Å². The van der Waals surface area contributed by atoms with Gasteiger partial charge in [-0.3, -0.25) is 0 Å². The molecule has 3 N–H and O–H groups in total. The summed E-state index contributed by atoms with van der Waals surface area (Å²) >= 11 is 3.47. The van der Waals surface area contributed by atoms with Gasteiger partial charge in [-0.2, -0.15) is 11.3 Å². The van der Waals surface area contributed by atoms with Crippen LogP contribution >= 0.6 is 23.1 Å². The molecule has 1 aromatic rings. The molecule has 15 heavy (non-hydrogen) atoms. The number of aliphatic hydroxyl groups is 1. The van der Waals surface area contributed by atoms with E-state index in [0.717, 1.165) is 6.42 Å². The summed E-state index contributed by atoms with van der Waals surface area (Å²) in [6.45, 7) is 4.35. The number of thiophene rings is 1. The van der Waals surface area contributed by atoms with Crippen LogP contribution < -0.4 is 5.73 Å². The van der Waals surface area contributed by atoms with E-state index in [1.165, 1.54) is 5.56 Å². The summed E-state index contributed by atoms with van der Waals surface area (Å²) in [5, 5.41) is 13.9.